The third-order valence-electron chi connectivity index (χ3n) is 3.19. The van der Waals surface area contributed by atoms with E-state index >= 15 is 0 Å². The molecule has 0 fully saturated rings. The number of aromatic nitrogens is 2. The third kappa shape index (κ3) is 3.95. The number of benzene rings is 1. The lowest BCUT2D eigenvalue weighted by Gasteiger charge is -2.07. The summed E-state index contributed by atoms with van der Waals surface area (Å²) in [5.41, 5.74) is 6.39. The third-order valence-corrected chi connectivity index (χ3v) is 3.42. The van der Waals surface area contributed by atoms with Gasteiger partial charge in [0.2, 0.25) is 0 Å². The molecule has 112 valence electrons. The van der Waals surface area contributed by atoms with Crippen LogP contribution in [0.1, 0.15) is 18.9 Å². The summed E-state index contributed by atoms with van der Waals surface area (Å²) in [5.74, 6) is 0.735. The molecule has 6 heteroatoms. The summed E-state index contributed by atoms with van der Waals surface area (Å²) < 4.78 is 9.02. The van der Waals surface area contributed by atoms with E-state index in [0.717, 1.165) is 17.7 Å². The molecular formula is C15H19N3O2S. The van der Waals surface area contributed by atoms with Gasteiger partial charge in [0.15, 0.2) is 0 Å². The van der Waals surface area contributed by atoms with Crippen LogP contribution in [0.2, 0.25) is 0 Å². The Bertz CT molecular complexity index is 676. The molecule has 0 aliphatic heterocycles. The minimum Gasteiger partial charge on any atom is -0.494 e. The lowest BCUT2D eigenvalue weighted by molar-refractivity contribution is 0.300. The fourth-order valence-corrected chi connectivity index (χ4v) is 2.16. The van der Waals surface area contributed by atoms with Crippen molar-refractivity contribution in [1.82, 2.24) is 9.13 Å². The summed E-state index contributed by atoms with van der Waals surface area (Å²) in [6.07, 6.45) is 4.36. The molecule has 5 nitrogen and oxygen atoms in total. The Balaban J connectivity index is 1.84. The number of ether oxygens (including phenoxy) is 1. The van der Waals surface area contributed by atoms with Gasteiger partial charge in [-0.15, -0.1) is 0 Å². The highest BCUT2D eigenvalue weighted by Crippen LogP contribution is 2.13. The molecule has 1 aromatic carbocycles. The van der Waals surface area contributed by atoms with Gasteiger partial charge in [0.1, 0.15) is 10.7 Å². The van der Waals surface area contributed by atoms with Gasteiger partial charge in [-0.2, -0.15) is 0 Å². The van der Waals surface area contributed by atoms with E-state index in [1.807, 2.05) is 31.2 Å². The van der Waals surface area contributed by atoms with E-state index in [2.05, 4.69) is 0 Å². The normalized spacial score (nSPS) is 10.5. The van der Waals surface area contributed by atoms with Crippen molar-refractivity contribution in [2.45, 2.75) is 26.4 Å². The van der Waals surface area contributed by atoms with Gasteiger partial charge in [-0.3, -0.25) is 9.13 Å². The number of thiocarbonyl (C=S) groups is 1. The maximum Gasteiger partial charge on any atom is 0.328 e. The first kappa shape index (κ1) is 15.3. The van der Waals surface area contributed by atoms with Gasteiger partial charge in [-0.05, 0) is 25.5 Å². The Hall–Kier alpha value is -2.08. The van der Waals surface area contributed by atoms with Crippen LogP contribution < -0.4 is 16.2 Å². The summed E-state index contributed by atoms with van der Waals surface area (Å²) in [5, 5.41) is 0. The molecule has 2 N–H and O–H groups in total. The van der Waals surface area contributed by atoms with Gasteiger partial charge in [0, 0.05) is 31.0 Å². The Morgan fingerprint density at radius 1 is 1.33 bits per heavy atom. The van der Waals surface area contributed by atoms with Gasteiger partial charge in [-0.1, -0.05) is 24.4 Å². The number of imidazole rings is 1. The molecule has 2 rings (SSSR count). The van der Waals surface area contributed by atoms with E-state index in [1.54, 1.807) is 21.5 Å². The minimum absolute atomic E-state index is 0.0213. The molecule has 1 heterocycles. The molecule has 0 aliphatic rings. The first-order valence-corrected chi connectivity index (χ1v) is 7.31. The average molecular weight is 305 g/mol. The van der Waals surface area contributed by atoms with Crippen molar-refractivity contribution < 1.29 is 4.74 Å². The second-order valence-electron chi connectivity index (χ2n) is 4.65. The van der Waals surface area contributed by atoms with E-state index in [9.17, 15) is 4.79 Å². The first-order valence-electron chi connectivity index (χ1n) is 6.90. The van der Waals surface area contributed by atoms with Crippen LogP contribution in [-0.4, -0.2) is 20.7 Å². The number of nitrogens with zero attached hydrogens (tertiary/aromatic N) is 2. The molecular weight excluding hydrogens is 286 g/mol. The van der Waals surface area contributed by atoms with Crippen LogP contribution in [0.3, 0.4) is 0 Å². The zero-order chi connectivity index (χ0) is 15.2. The van der Waals surface area contributed by atoms with Gasteiger partial charge in [0.25, 0.3) is 0 Å². The van der Waals surface area contributed by atoms with Crippen LogP contribution in [0, 0.1) is 0 Å². The van der Waals surface area contributed by atoms with E-state index in [0.29, 0.717) is 24.7 Å². The summed E-state index contributed by atoms with van der Waals surface area (Å²) in [6.45, 7) is 3.81. The van der Waals surface area contributed by atoms with Crippen molar-refractivity contribution in [1.29, 1.82) is 0 Å². The summed E-state index contributed by atoms with van der Waals surface area (Å²) in [4.78, 5) is 12.2. The number of aryl methyl sites for hydroxylation is 2. The highest BCUT2D eigenvalue weighted by Gasteiger charge is 2.02. The van der Waals surface area contributed by atoms with E-state index in [4.69, 9.17) is 22.7 Å². The van der Waals surface area contributed by atoms with Gasteiger partial charge in [0.05, 0.1) is 6.61 Å². The Kier molecular flexibility index (Phi) is 5.16. The van der Waals surface area contributed by atoms with Crippen molar-refractivity contribution in [3.8, 4) is 5.75 Å². The average Bonchev–Trinajstić information content (AvgIpc) is 2.84. The zero-order valence-corrected chi connectivity index (χ0v) is 12.8. The molecule has 0 spiro atoms. The Morgan fingerprint density at radius 2 is 2.10 bits per heavy atom. The summed E-state index contributed by atoms with van der Waals surface area (Å²) >= 11 is 4.93. The molecule has 0 saturated carbocycles. The molecule has 0 saturated heterocycles. The maximum absolute atomic E-state index is 11.8. The van der Waals surface area contributed by atoms with Crippen molar-refractivity contribution >= 4 is 17.2 Å². The zero-order valence-electron chi connectivity index (χ0n) is 12.0. The van der Waals surface area contributed by atoms with Crippen molar-refractivity contribution in [3.05, 3.63) is 52.7 Å². The number of nitrogens with two attached hydrogens (primary N) is 1. The SMILES string of the molecule is CCn1ccn(CCCOc2cccc(C(N)=S)c2)c1=O. The Labute approximate surface area is 129 Å². The molecule has 1 aromatic heterocycles. The van der Waals surface area contributed by atoms with Crippen LogP contribution >= 0.6 is 12.2 Å². The Morgan fingerprint density at radius 3 is 2.76 bits per heavy atom. The molecule has 0 unspecified atom stereocenters. The van der Waals surface area contributed by atoms with Crippen LogP contribution in [0.5, 0.6) is 5.75 Å². The van der Waals surface area contributed by atoms with Crippen molar-refractivity contribution in [3.63, 3.8) is 0 Å². The standard InChI is InChI=1S/C15H19N3O2S/c1-2-17-8-9-18(15(17)19)7-4-10-20-13-6-3-5-12(11-13)14(16)21/h3,5-6,8-9,11H,2,4,7,10H2,1H3,(H2,16,21). The summed E-state index contributed by atoms with van der Waals surface area (Å²) in [7, 11) is 0. The molecule has 2 aromatic rings. The predicted octanol–water partition coefficient (Wildman–Crippen LogP) is 1.77. The molecule has 0 bridgehead atoms. The second-order valence-corrected chi connectivity index (χ2v) is 5.09. The lowest BCUT2D eigenvalue weighted by Crippen LogP contribution is -2.24. The topological polar surface area (TPSA) is 62.2 Å². The first-order chi connectivity index (χ1) is 10.1. The van der Waals surface area contributed by atoms with Gasteiger partial charge in [-0.25, -0.2) is 4.79 Å². The monoisotopic (exact) mass is 305 g/mol. The highest BCUT2D eigenvalue weighted by atomic mass is 32.1. The number of hydrogen-bond donors (Lipinski definition) is 1. The van der Waals surface area contributed by atoms with Crippen LogP contribution in [0.15, 0.2) is 41.5 Å². The molecule has 0 radical (unpaired) electrons. The van der Waals surface area contributed by atoms with Gasteiger partial charge >= 0.3 is 5.69 Å². The molecule has 0 aliphatic carbocycles. The van der Waals surface area contributed by atoms with Crippen LogP contribution in [0.25, 0.3) is 0 Å². The maximum atomic E-state index is 11.8. The van der Waals surface area contributed by atoms with Crippen molar-refractivity contribution in [2.75, 3.05) is 6.61 Å². The van der Waals surface area contributed by atoms with Crippen LogP contribution in [-0.2, 0) is 13.1 Å². The van der Waals surface area contributed by atoms with E-state index in [1.165, 1.54) is 0 Å². The van der Waals surface area contributed by atoms with E-state index in [-0.39, 0.29) is 5.69 Å². The number of rotatable bonds is 7. The van der Waals surface area contributed by atoms with Crippen LogP contribution in [0.4, 0.5) is 0 Å². The fourth-order valence-electron chi connectivity index (χ4n) is 2.03. The number of hydrogen-bond acceptors (Lipinski definition) is 3. The quantitative estimate of drug-likeness (QED) is 0.625. The molecule has 0 amide bonds. The lowest BCUT2D eigenvalue weighted by atomic mass is 10.2. The fraction of sp³-hybridized carbons (Fsp3) is 0.333. The molecule has 21 heavy (non-hydrogen) atoms. The summed E-state index contributed by atoms with van der Waals surface area (Å²) in [6, 6.07) is 7.39. The predicted molar refractivity (Wildman–Crippen MR) is 86.8 cm³/mol. The second kappa shape index (κ2) is 7.08. The van der Waals surface area contributed by atoms with E-state index < -0.39 is 0 Å². The smallest absolute Gasteiger partial charge is 0.328 e. The minimum atomic E-state index is 0.0213. The molecule has 0 atom stereocenters. The van der Waals surface area contributed by atoms with Gasteiger partial charge < -0.3 is 10.5 Å². The highest BCUT2D eigenvalue weighted by molar-refractivity contribution is 7.80. The van der Waals surface area contributed by atoms with Crippen molar-refractivity contribution in [2.24, 2.45) is 5.73 Å². The largest absolute Gasteiger partial charge is 0.494 e.